The van der Waals surface area contributed by atoms with Gasteiger partial charge in [0.25, 0.3) is 0 Å². The first-order valence-corrected chi connectivity index (χ1v) is 23.8. The number of nitrogens with zero attached hydrogens (tertiary/aromatic N) is 2. The molecule has 2 atom stereocenters. The van der Waals surface area contributed by atoms with Crippen molar-refractivity contribution in [1.29, 1.82) is 5.41 Å². The summed E-state index contributed by atoms with van der Waals surface area (Å²) in [5.74, 6) is 5.43. The molecule has 5 rings (SSSR count). The number of methoxy groups -OCH3 is 1. The summed E-state index contributed by atoms with van der Waals surface area (Å²) in [4.78, 5) is 36.0. The van der Waals surface area contributed by atoms with Crippen molar-refractivity contribution in [3.63, 3.8) is 0 Å². The van der Waals surface area contributed by atoms with Crippen LogP contribution in [0, 0.1) is 28.1 Å². The lowest BCUT2D eigenvalue weighted by Crippen LogP contribution is -2.39. The van der Waals surface area contributed by atoms with Crippen molar-refractivity contribution in [2.24, 2.45) is 38.7 Å². The van der Waals surface area contributed by atoms with E-state index in [1.165, 1.54) is 7.11 Å². The van der Waals surface area contributed by atoms with E-state index in [2.05, 4.69) is 36.4 Å². The van der Waals surface area contributed by atoms with Crippen molar-refractivity contribution >= 4 is 58.0 Å². The number of aliphatic hydroxyl groups excluding tert-OH is 2. The van der Waals surface area contributed by atoms with Crippen molar-refractivity contribution in [1.82, 2.24) is 5.43 Å². The number of ether oxygens (including phenoxy) is 3. The third-order valence-corrected chi connectivity index (χ3v) is 11.3. The Hall–Kier alpha value is -5.44. The van der Waals surface area contributed by atoms with Crippen LogP contribution in [0.15, 0.2) is 95.1 Å². The van der Waals surface area contributed by atoms with E-state index in [1.54, 1.807) is 69.3 Å². The molecule has 4 aromatic rings. The summed E-state index contributed by atoms with van der Waals surface area (Å²) in [5.41, 5.74) is 8.59. The zero-order valence-electron chi connectivity index (χ0n) is 41.9. The molecule has 6 N–H and O–H groups in total. The van der Waals surface area contributed by atoms with Crippen molar-refractivity contribution in [2.45, 2.75) is 114 Å². The second kappa shape index (κ2) is 27.1. The number of amides is 1. The van der Waals surface area contributed by atoms with E-state index in [1.807, 2.05) is 64.1 Å². The van der Waals surface area contributed by atoms with Crippen LogP contribution in [0.3, 0.4) is 0 Å². The molecule has 0 aliphatic carbocycles. The van der Waals surface area contributed by atoms with Gasteiger partial charge in [-0.3, -0.25) is 25.2 Å². The van der Waals surface area contributed by atoms with Gasteiger partial charge in [-0.2, -0.15) is 10.2 Å². The lowest BCUT2D eigenvalue weighted by atomic mass is 9.86. The first kappa shape index (κ1) is 57.9. The second-order valence-electron chi connectivity index (χ2n) is 19.6. The van der Waals surface area contributed by atoms with Crippen molar-refractivity contribution in [3.05, 3.63) is 128 Å². The maximum Gasteiger partial charge on any atom is 0.239 e. The van der Waals surface area contributed by atoms with Crippen LogP contribution in [0.5, 0.6) is 11.5 Å². The third-order valence-electron chi connectivity index (χ3n) is 10.8. The molecule has 69 heavy (non-hydrogen) atoms. The largest absolute Gasteiger partial charge is 0.489 e. The molecule has 1 amide bonds. The van der Waals surface area contributed by atoms with Gasteiger partial charge in [0.05, 0.1) is 40.8 Å². The molecule has 0 fully saturated rings. The topological polar surface area (TPSA) is 206 Å². The SMILES string of the molecule is CC(C)(C)C(=O)NN.CC(C)Oc1ccc(C(=O)C[C@H](CO)Cc2ccc(C3=NN=C(C(C)(C)C)C3)cc2)cc1Cl.COC(=N)c1ccc(C[C@@H](CO)CC(=O)c2ccc(OC(C)C)c(Cl)c2)cc1. The smallest absolute Gasteiger partial charge is 0.239 e. The molecule has 374 valence electrons. The summed E-state index contributed by atoms with van der Waals surface area (Å²) in [6, 6.07) is 25.6. The summed E-state index contributed by atoms with van der Waals surface area (Å²) in [5, 5.41) is 36.8. The maximum absolute atomic E-state index is 12.8. The molecule has 1 aliphatic rings. The Kier molecular flexibility index (Phi) is 22.7. The van der Waals surface area contributed by atoms with Crippen LogP contribution in [0.4, 0.5) is 0 Å². The standard InChI is InChI=1S/C27H33ClN2O3.C22H26ClNO4.C5H12N2O/c1-17(2)33-25-11-10-21(14-22(25)28)24(32)13-19(16-31)12-18-6-8-20(9-7-18)23-15-26(30-29-23)27(3,4)5;1-14(2)28-21-9-8-18(12-19(21)23)20(26)11-16(13-25)10-15-4-6-17(7-5-15)22(24)27-3;1-5(2,3)4(8)7-6/h6-11,14,17,19,31H,12-13,15-16H2,1-5H3;4-9,12,14,16,24-25H,10-11,13H2,1-3H3;6H2,1-3H3,(H,7,8)/t19-;16-;/m11./s1. The number of hydrogen-bond acceptors (Lipinski definition) is 12. The summed E-state index contributed by atoms with van der Waals surface area (Å²) < 4.78 is 16.1. The van der Waals surface area contributed by atoms with Gasteiger partial charge in [0, 0.05) is 60.0 Å². The minimum absolute atomic E-state index is 0.00279. The number of ketones is 2. The lowest BCUT2D eigenvalue weighted by molar-refractivity contribution is -0.128. The molecule has 0 saturated heterocycles. The average molecular weight is 989 g/mol. The fraction of sp³-hybridized carbons (Fsp3) is 0.444. The number of rotatable bonds is 18. The number of carbonyl (C=O) groups excluding carboxylic acids is 3. The molecule has 15 heteroatoms. The fourth-order valence-corrected chi connectivity index (χ4v) is 7.21. The number of nitrogens with two attached hydrogens (primary N) is 1. The van der Waals surface area contributed by atoms with Crippen LogP contribution in [0.25, 0.3) is 0 Å². The first-order chi connectivity index (χ1) is 32.4. The van der Waals surface area contributed by atoms with Gasteiger partial charge in [-0.25, -0.2) is 5.84 Å². The van der Waals surface area contributed by atoms with Crippen molar-refractivity contribution in [3.8, 4) is 11.5 Å². The van der Waals surface area contributed by atoms with E-state index < -0.39 is 0 Å². The first-order valence-electron chi connectivity index (χ1n) is 23.0. The van der Waals surface area contributed by atoms with Crippen LogP contribution >= 0.6 is 23.2 Å². The number of nitrogens with one attached hydrogen (secondary N) is 2. The van der Waals surface area contributed by atoms with Gasteiger partial charge >= 0.3 is 0 Å². The van der Waals surface area contributed by atoms with Gasteiger partial charge in [0.2, 0.25) is 11.8 Å². The minimum atomic E-state index is -0.366. The molecule has 0 spiro atoms. The molecular formula is C54H71Cl2N5O8. The second-order valence-corrected chi connectivity index (χ2v) is 20.4. The van der Waals surface area contributed by atoms with Crippen LogP contribution in [0.1, 0.15) is 131 Å². The maximum atomic E-state index is 12.8. The highest BCUT2D eigenvalue weighted by atomic mass is 35.5. The number of carbonyl (C=O) groups is 3. The van der Waals surface area contributed by atoms with E-state index >= 15 is 0 Å². The Bertz CT molecular complexity index is 2400. The highest BCUT2D eigenvalue weighted by molar-refractivity contribution is 6.32. The predicted molar refractivity (Wildman–Crippen MR) is 277 cm³/mol. The molecule has 0 bridgehead atoms. The molecule has 0 unspecified atom stereocenters. The predicted octanol–water partition coefficient (Wildman–Crippen LogP) is 10.7. The van der Waals surface area contributed by atoms with Crippen LogP contribution in [0.2, 0.25) is 10.0 Å². The van der Waals surface area contributed by atoms with E-state index in [-0.39, 0.29) is 84.3 Å². The zero-order chi connectivity index (χ0) is 51.6. The molecule has 0 saturated carbocycles. The fourth-order valence-electron chi connectivity index (χ4n) is 6.76. The van der Waals surface area contributed by atoms with Crippen LogP contribution < -0.4 is 20.7 Å². The lowest BCUT2D eigenvalue weighted by Gasteiger charge is -2.17. The number of benzene rings is 4. The van der Waals surface area contributed by atoms with Gasteiger partial charge in [-0.15, -0.1) is 0 Å². The Balaban J connectivity index is 0.000000318. The zero-order valence-corrected chi connectivity index (χ0v) is 43.4. The van der Waals surface area contributed by atoms with Gasteiger partial charge in [0.15, 0.2) is 11.6 Å². The number of halogens is 2. The van der Waals surface area contributed by atoms with Gasteiger partial charge in [-0.05, 0) is 118 Å². The molecule has 0 aromatic heterocycles. The highest BCUT2D eigenvalue weighted by Crippen LogP contribution is 2.30. The van der Waals surface area contributed by atoms with Crippen molar-refractivity contribution < 1.29 is 38.8 Å². The summed E-state index contributed by atoms with van der Waals surface area (Å²) in [7, 11) is 1.46. The summed E-state index contributed by atoms with van der Waals surface area (Å²) in [6.45, 7) is 19.3. The number of hydrogen-bond donors (Lipinski definition) is 5. The molecule has 1 aliphatic heterocycles. The molecule has 13 nitrogen and oxygen atoms in total. The Labute approximate surface area is 418 Å². The van der Waals surface area contributed by atoms with Crippen LogP contribution in [-0.2, 0) is 22.4 Å². The monoisotopic (exact) mass is 987 g/mol. The highest BCUT2D eigenvalue weighted by Gasteiger charge is 2.26. The molecule has 0 radical (unpaired) electrons. The van der Waals surface area contributed by atoms with Gasteiger partial charge < -0.3 is 24.4 Å². The van der Waals surface area contributed by atoms with E-state index in [9.17, 15) is 24.6 Å². The Morgan fingerprint density at radius 3 is 1.43 bits per heavy atom. The normalized spacial score (nSPS) is 13.2. The molecule has 1 heterocycles. The van der Waals surface area contributed by atoms with Crippen LogP contribution in [-0.4, -0.2) is 77.5 Å². The number of aliphatic hydroxyl groups is 2. The van der Waals surface area contributed by atoms with Gasteiger partial charge in [0.1, 0.15) is 11.5 Å². The van der Waals surface area contributed by atoms with E-state index in [4.69, 9.17) is 48.7 Å². The third kappa shape index (κ3) is 19.1. The van der Waals surface area contributed by atoms with E-state index in [0.717, 1.165) is 34.5 Å². The summed E-state index contributed by atoms with van der Waals surface area (Å²) >= 11 is 12.5. The quantitative estimate of drug-likeness (QED) is 0.0160. The number of hydrazine groups is 1. The Morgan fingerprint density at radius 1 is 0.696 bits per heavy atom. The number of Topliss-reactive ketones (excluding diaryl/α,β-unsaturated/α-hetero) is 2. The van der Waals surface area contributed by atoms with Crippen molar-refractivity contribution in [2.75, 3.05) is 20.3 Å². The summed E-state index contributed by atoms with van der Waals surface area (Å²) in [6.07, 6.45) is 2.40. The Morgan fingerprint density at radius 2 is 1.12 bits per heavy atom. The van der Waals surface area contributed by atoms with E-state index in [0.29, 0.717) is 51.1 Å². The molecule has 4 aromatic carbocycles. The minimum Gasteiger partial charge on any atom is -0.489 e. The van der Waals surface area contributed by atoms with Gasteiger partial charge in [-0.1, -0.05) is 101 Å². The average Bonchev–Trinajstić information content (AvgIpc) is 3.81. The molecular weight excluding hydrogens is 918 g/mol.